The summed E-state index contributed by atoms with van der Waals surface area (Å²) in [6.45, 7) is 0.538. The van der Waals surface area contributed by atoms with Gasteiger partial charge in [-0.05, 0) is 48.7 Å². The number of anilines is 1. The van der Waals surface area contributed by atoms with E-state index in [-0.39, 0.29) is 30.7 Å². The Bertz CT molecular complexity index is 1020. The number of carbonyl (C=O) groups is 1. The molecule has 1 aliphatic heterocycles. The molecule has 0 radical (unpaired) electrons. The first kappa shape index (κ1) is 22.7. The summed E-state index contributed by atoms with van der Waals surface area (Å²) in [5, 5.41) is 4.32. The van der Waals surface area contributed by atoms with Gasteiger partial charge in [0, 0.05) is 24.0 Å². The Kier molecular flexibility index (Phi) is 7.36. The number of rotatable bonds is 5. The minimum absolute atomic E-state index is 0.168. The molecule has 156 valence electrons. The van der Waals surface area contributed by atoms with Crippen LogP contribution in [0.3, 0.4) is 0 Å². The van der Waals surface area contributed by atoms with Gasteiger partial charge in [-0.25, -0.2) is 12.7 Å². The second kappa shape index (κ2) is 9.41. The summed E-state index contributed by atoms with van der Waals surface area (Å²) in [6, 6.07) is 9.59. The number of hydrogen-bond donors (Lipinski definition) is 1. The average Bonchev–Trinajstić information content (AvgIpc) is 2.67. The van der Waals surface area contributed by atoms with Crippen molar-refractivity contribution in [2.75, 3.05) is 18.4 Å². The molecule has 29 heavy (non-hydrogen) atoms. The van der Waals surface area contributed by atoms with Gasteiger partial charge in [0.25, 0.3) is 0 Å². The summed E-state index contributed by atoms with van der Waals surface area (Å²) in [6.07, 6.45) is 0.843. The van der Waals surface area contributed by atoms with Gasteiger partial charge in [0.05, 0.1) is 26.5 Å². The summed E-state index contributed by atoms with van der Waals surface area (Å²) in [4.78, 5) is 12.5. The molecule has 1 amide bonds. The maximum absolute atomic E-state index is 12.7. The molecule has 2 aromatic rings. The Hall–Kier alpha value is -1.02. The van der Waals surface area contributed by atoms with Gasteiger partial charge in [-0.3, -0.25) is 4.79 Å². The Morgan fingerprint density at radius 1 is 0.966 bits per heavy atom. The number of hydrogen-bond acceptors (Lipinski definition) is 3. The maximum Gasteiger partial charge on any atom is 0.227 e. The largest absolute Gasteiger partial charge is 0.324 e. The van der Waals surface area contributed by atoms with Gasteiger partial charge in [-0.2, -0.15) is 0 Å². The molecule has 0 saturated carbocycles. The van der Waals surface area contributed by atoms with Crippen LogP contribution in [0.15, 0.2) is 36.4 Å². The van der Waals surface area contributed by atoms with Crippen LogP contribution in [0.5, 0.6) is 0 Å². The number of sulfonamides is 1. The molecule has 0 unspecified atom stereocenters. The fourth-order valence-electron chi connectivity index (χ4n) is 3.16. The zero-order valence-corrected chi connectivity index (χ0v) is 19.0. The summed E-state index contributed by atoms with van der Waals surface area (Å²) >= 11 is 23.9. The lowest BCUT2D eigenvalue weighted by Gasteiger charge is -2.30. The monoisotopic (exact) mass is 494 g/mol. The molecule has 5 nitrogen and oxygen atoms in total. The van der Waals surface area contributed by atoms with Gasteiger partial charge in [-0.1, -0.05) is 52.5 Å². The second-order valence-corrected chi connectivity index (χ2v) is 10.4. The van der Waals surface area contributed by atoms with E-state index in [0.717, 1.165) is 0 Å². The van der Waals surface area contributed by atoms with Gasteiger partial charge >= 0.3 is 0 Å². The van der Waals surface area contributed by atoms with E-state index in [2.05, 4.69) is 5.32 Å². The topological polar surface area (TPSA) is 66.5 Å². The number of benzene rings is 2. The van der Waals surface area contributed by atoms with E-state index in [0.29, 0.717) is 44.2 Å². The fraction of sp³-hybridized carbons (Fsp3) is 0.316. The second-order valence-electron chi connectivity index (χ2n) is 6.79. The van der Waals surface area contributed by atoms with Gasteiger partial charge in [0.15, 0.2) is 0 Å². The lowest BCUT2D eigenvalue weighted by molar-refractivity contribution is -0.120. The van der Waals surface area contributed by atoms with Crippen molar-refractivity contribution in [3.8, 4) is 0 Å². The van der Waals surface area contributed by atoms with Crippen molar-refractivity contribution in [1.82, 2.24) is 4.31 Å². The van der Waals surface area contributed by atoms with Gasteiger partial charge in [0.2, 0.25) is 15.9 Å². The smallest absolute Gasteiger partial charge is 0.227 e. The number of nitrogens with one attached hydrogen (secondary N) is 1. The van der Waals surface area contributed by atoms with Crippen molar-refractivity contribution in [3.63, 3.8) is 0 Å². The minimum atomic E-state index is -3.53. The van der Waals surface area contributed by atoms with Crippen LogP contribution in [-0.4, -0.2) is 31.7 Å². The number of halogens is 4. The van der Waals surface area contributed by atoms with Crippen LogP contribution in [0.4, 0.5) is 5.69 Å². The van der Waals surface area contributed by atoms with Gasteiger partial charge < -0.3 is 5.32 Å². The Balaban J connectivity index is 1.59. The normalized spacial score (nSPS) is 16.0. The predicted molar refractivity (Wildman–Crippen MR) is 118 cm³/mol. The lowest BCUT2D eigenvalue weighted by atomic mass is 9.97. The van der Waals surface area contributed by atoms with E-state index in [1.807, 2.05) is 0 Å². The van der Waals surface area contributed by atoms with Crippen LogP contribution >= 0.6 is 46.4 Å². The van der Waals surface area contributed by atoms with Crippen LogP contribution < -0.4 is 5.32 Å². The third-order valence-corrected chi connectivity index (χ3v) is 7.89. The van der Waals surface area contributed by atoms with E-state index in [9.17, 15) is 13.2 Å². The zero-order valence-electron chi connectivity index (χ0n) is 15.2. The first-order valence-electron chi connectivity index (χ1n) is 8.83. The van der Waals surface area contributed by atoms with E-state index < -0.39 is 10.0 Å². The summed E-state index contributed by atoms with van der Waals surface area (Å²) in [5.41, 5.74) is 1.01. The Morgan fingerprint density at radius 3 is 2.28 bits per heavy atom. The number of nitrogens with zero attached hydrogens (tertiary/aromatic N) is 1. The molecule has 0 aromatic heterocycles. The van der Waals surface area contributed by atoms with E-state index in [4.69, 9.17) is 46.4 Å². The Labute approximate surface area is 189 Å². The third kappa shape index (κ3) is 5.78. The Morgan fingerprint density at radius 2 is 1.62 bits per heavy atom. The highest BCUT2D eigenvalue weighted by Gasteiger charge is 2.31. The van der Waals surface area contributed by atoms with E-state index >= 15 is 0 Å². The molecule has 1 aliphatic rings. The minimum Gasteiger partial charge on any atom is -0.324 e. The highest BCUT2D eigenvalue weighted by Crippen LogP contribution is 2.29. The highest BCUT2D eigenvalue weighted by atomic mass is 35.5. The maximum atomic E-state index is 12.7. The molecule has 10 heteroatoms. The molecule has 0 aliphatic carbocycles. The van der Waals surface area contributed by atoms with Crippen LogP contribution in [0, 0.1) is 5.92 Å². The number of carbonyl (C=O) groups excluding carboxylic acids is 1. The highest BCUT2D eigenvalue weighted by molar-refractivity contribution is 7.88. The molecule has 3 rings (SSSR count). The first-order valence-corrected chi connectivity index (χ1v) is 12.0. The van der Waals surface area contributed by atoms with E-state index in [1.54, 1.807) is 36.4 Å². The molecule has 1 heterocycles. The van der Waals surface area contributed by atoms with Crippen molar-refractivity contribution in [3.05, 3.63) is 62.1 Å². The standard InChI is InChI=1S/C19H18Cl4N2O3S/c20-14-2-4-16(22)18(10-14)24-19(26)13-5-7-25(8-6-13)29(27,28)11-12-1-3-15(21)17(23)9-12/h1-4,9-10,13H,5-8,11H2,(H,24,26). The molecule has 1 saturated heterocycles. The average molecular weight is 496 g/mol. The molecule has 0 atom stereocenters. The van der Waals surface area contributed by atoms with Crippen LogP contribution in [-0.2, 0) is 20.6 Å². The van der Waals surface area contributed by atoms with Crippen molar-refractivity contribution in [2.45, 2.75) is 18.6 Å². The molecular weight excluding hydrogens is 478 g/mol. The van der Waals surface area contributed by atoms with Crippen molar-refractivity contribution < 1.29 is 13.2 Å². The van der Waals surface area contributed by atoms with Crippen LogP contribution in [0.2, 0.25) is 20.1 Å². The van der Waals surface area contributed by atoms with Gasteiger partial charge in [0.1, 0.15) is 0 Å². The summed E-state index contributed by atoms with van der Waals surface area (Å²) in [7, 11) is -3.53. The predicted octanol–water partition coefficient (Wildman–Crippen LogP) is 5.48. The molecule has 1 fully saturated rings. The zero-order chi connectivity index (χ0) is 21.2. The quantitative estimate of drug-likeness (QED) is 0.597. The third-order valence-electron chi connectivity index (χ3n) is 4.74. The molecular formula is C19H18Cl4N2O3S. The molecule has 0 bridgehead atoms. The van der Waals surface area contributed by atoms with E-state index in [1.165, 1.54) is 4.31 Å². The van der Waals surface area contributed by atoms with Gasteiger partial charge in [-0.15, -0.1) is 0 Å². The summed E-state index contributed by atoms with van der Waals surface area (Å²) < 4.78 is 26.8. The van der Waals surface area contributed by atoms with Crippen molar-refractivity contribution >= 4 is 68.0 Å². The lowest BCUT2D eigenvalue weighted by Crippen LogP contribution is -2.41. The SMILES string of the molecule is O=C(Nc1cc(Cl)ccc1Cl)C1CCN(S(=O)(=O)Cc2ccc(Cl)c(Cl)c2)CC1. The molecule has 0 spiro atoms. The number of amides is 1. The first-order chi connectivity index (χ1) is 13.7. The van der Waals surface area contributed by atoms with Crippen LogP contribution in [0.1, 0.15) is 18.4 Å². The fourth-order valence-corrected chi connectivity index (χ4v) is 5.36. The van der Waals surface area contributed by atoms with Crippen molar-refractivity contribution in [2.24, 2.45) is 5.92 Å². The van der Waals surface area contributed by atoms with Crippen LogP contribution in [0.25, 0.3) is 0 Å². The summed E-state index contributed by atoms with van der Waals surface area (Å²) in [5.74, 6) is -0.670. The molecule has 1 N–H and O–H groups in total. The molecule has 2 aromatic carbocycles. The van der Waals surface area contributed by atoms with Crippen molar-refractivity contribution in [1.29, 1.82) is 0 Å². The number of piperidine rings is 1.